The van der Waals surface area contributed by atoms with Crippen LogP contribution in [0.15, 0.2) is 36.4 Å². The fraction of sp³-hybridized carbons (Fsp3) is 0.368. The van der Waals surface area contributed by atoms with Crippen LogP contribution in [0.1, 0.15) is 30.4 Å². The second-order valence-electron chi connectivity index (χ2n) is 6.16. The van der Waals surface area contributed by atoms with Crippen molar-refractivity contribution in [1.82, 2.24) is 4.90 Å². The van der Waals surface area contributed by atoms with E-state index in [0.717, 1.165) is 0 Å². The van der Waals surface area contributed by atoms with Gasteiger partial charge in [-0.25, -0.2) is 0 Å². The molecule has 0 bridgehead atoms. The maximum Gasteiger partial charge on any atom is 0.307 e. The zero-order valence-corrected chi connectivity index (χ0v) is 13.7. The summed E-state index contributed by atoms with van der Waals surface area (Å²) in [4.78, 5) is 37.7. The molecule has 3 rings (SSSR count). The van der Waals surface area contributed by atoms with E-state index in [0.29, 0.717) is 24.0 Å². The smallest absolute Gasteiger partial charge is 0.307 e. The summed E-state index contributed by atoms with van der Waals surface area (Å²) < 4.78 is 5.17. The standard InChI is InChI=1S/C19H18N2O4/c20-11-13-5-1-2-6-14(13)12-25-17(22)9-10-21-18(23)15-7-3-4-8-16(15)19(21)24/h1-6,15-16H,7-10,12H2/t15-,16-/m0/s1. The molecule has 1 aliphatic heterocycles. The second-order valence-corrected chi connectivity index (χ2v) is 6.16. The van der Waals surface area contributed by atoms with Gasteiger partial charge in [-0.15, -0.1) is 0 Å². The number of imide groups is 1. The minimum Gasteiger partial charge on any atom is -0.461 e. The maximum atomic E-state index is 12.3. The minimum absolute atomic E-state index is 0.000368. The fourth-order valence-corrected chi connectivity index (χ4v) is 3.28. The zero-order valence-electron chi connectivity index (χ0n) is 13.7. The number of likely N-dealkylation sites (tertiary alicyclic amines) is 1. The van der Waals surface area contributed by atoms with Gasteiger partial charge >= 0.3 is 5.97 Å². The molecule has 1 heterocycles. The second kappa shape index (κ2) is 7.31. The lowest BCUT2D eigenvalue weighted by atomic mass is 9.85. The first-order valence-corrected chi connectivity index (χ1v) is 8.25. The van der Waals surface area contributed by atoms with Crippen LogP contribution in [0.3, 0.4) is 0 Å². The first kappa shape index (κ1) is 16.9. The molecule has 6 heteroatoms. The Morgan fingerprint density at radius 1 is 1.16 bits per heavy atom. The van der Waals surface area contributed by atoms with Crippen molar-refractivity contribution in [3.05, 3.63) is 47.5 Å². The molecule has 1 aromatic carbocycles. The Labute approximate surface area is 145 Å². The summed E-state index contributed by atoms with van der Waals surface area (Å²) in [6.45, 7) is 0.0447. The highest BCUT2D eigenvalue weighted by atomic mass is 16.5. The van der Waals surface area contributed by atoms with Crippen molar-refractivity contribution in [2.75, 3.05) is 6.54 Å². The molecule has 2 aliphatic rings. The van der Waals surface area contributed by atoms with Gasteiger partial charge in [0.15, 0.2) is 0 Å². The summed E-state index contributed by atoms with van der Waals surface area (Å²) in [6, 6.07) is 8.92. The van der Waals surface area contributed by atoms with Crippen molar-refractivity contribution >= 4 is 17.8 Å². The van der Waals surface area contributed by atoms with Crippen molar-refractivity contribution in [2.24, 2.45) is 11.8 Å². The van der Waals surface area contributed by atoms with Crippen LogP contribution in [0.5, 0.6) is 0 Å². The molecule has 0 spiro atoms. The molecule has 1 fully saturated rings. The van der Waals surface area contributed by atoms with Gasteiger partial charge in [-0.3, -0.25) is 19.3 Å². The van der Waals surface area contributed by atoms with Crippen LogP contribution in [0.4, 0.5) is 0 Å². The lowest BCUT2D eigenvalue weighted by molar-refractivity contribution is -0.146. The van der Waals surface area contributed by atoms with E-state index in [1.165, 1.54) is 4.90 Å². The Hall–Kier alpha value is -2.94. The fourth-order valence-electron chi connectivity index (χ4n) is 3.28. The summed E-state index contributed by atoms with van der Waals surface area (Å²) in [5.41, 5.74) is 1.08. The van der Waals surface area contributed by atoms with Crippen molar-refractivity contribution in [3.63, 3.8) is 0 Å². The van der Waals surface area contributed by atoms with Gasteiger partial charge < -0.3 is 4.74 Å². The van der Waals surface area contributed by atoms with Crippen molar-refractivity contribution < 1.29 is 19.1 Å². The van der Waals surface area contributed by atoms with Crippen LogP contribution < -0.4 is 0 Å². The van der Waals surface area contributed by atoms with Gasteiger partial charge in [-0.2, -0.15) is 5.26 Å². The summed E-state index contributed by atoms with van der Waals surface area (Å²) in [6.07, 6.45) is 4.98. The molecule has 1 saturated heterocycles. The highest BCUT2D eigenvalue weighted by Crippen LogP contribution is 2.35. The van der Waals surface area contributed by atoms with Gasteiger partial charge in [0.25, 0.3) is 0 Å². The number of fused-ring (bicyclic) bond motifs is 1. The van der Waals surface area contributed by atoms with Crippen molar-refractivity contribution in [1.29, 1.82) is 5.26 Å². The Morgan fingerprint density at radius 3 is 2.44 bits per heavy atom. The molecule has 0 radical (unpaired) electrons. The number of nitrogens with zero attached hydrogens (tertiary/aromatic N) is 2. The average molecular weight is 338 g/mol. The van der Waals surface area contributed by atoms with Crippen LogP contribution in [0, 0.1) is 23.2 Å². The molecule has 0 unspecified atom stereocenters. The third-order valence-electron chi connectivity index (χ3n) is 4.66. The lowest BCUT2D eigenvalue weighted by Crippen LogP contribution is -2.33. The van der Waals surface area contributed by atoms with E-state index in [4.69, 9.17) is 10.00 Å². The molecule has 1 aromatic rings. The van der Waals surface area contributed by atoms with E-state index in [-0.39, 0.29) is 43.2 Å². The molecular weight excluding hydrogens is 320 g/mol. The number of hydrogen-bond acceptors (Lipinski definition) is 5. The zero-order chi connectivity index (χ0) is 17.8. The van der Waals surface area contributed by atoms with E-state index >= 15 is 0 Å². The monoisotopic (exact) mass is 338 g/mol. The maximum absolute atomic E-state index is 12.3. The first-order valence-electron chi connectivity index (χ1n) is 8.25. The molecule has 1 aliphatic carbocycles. The molecule has 0 aromatic heterocycles. The van der Waals surface area contributed by atoms with Crippen LogP contribution in [-0.4, -0.2) is 29.2 Å². The van der Waals surface area contributed by atoms with Crippen LogP contribution in [0.2, 0.25) is 0 Å². The number of allylic oxidation sites excluding steroid dienone is 2. The molecule has 0 N–H and O–H groups in total. The molecular formula is C19H18N2O4. The number of hydrogen-bond donors (Lipinski definition) is 0. The van der Waals surface area contributed by atoms with E-state index in [9.17, 15) is 14.4 Å². The highest BCUT2D eigenvalue weighted by molar-refractivity contribution is 6.05. The number of esters is 1. The van der Waals surface area contributed by atoms with Gasteiger partial charge in [0, 0.05) is 12.1 Å². The molecule has 2 atom stereocenters. The summed E-state index contributed by atoms with van der Waals surface area (Å²) in [5, 5.41) is 9.01. The molecule has 25 heavy (non-hydrogen) atoms. The number of amides is 2. The van der Waals surface area contributed by atoms with Crippen LogP contribution >= 0.6 is 0 Å². The van der Waals surface area contributed by atoms with Gasteiger partial charge in [0.1, 0.15) is 6.61 Å². The van der Waals surface area contributed by atoms with E-state index in [1.54, 1.807) is 24.3 Å². The van der Waals surface area contributed by atoms with Crippen LogP contribution in [-0.2, 0) is 25.7 Å². The highest BCUT2D eigenvalue weighted by Gasteiger charge is 2.46. The first-order chi connectivity index (χ1) is 12.1. The predicted molar refractivity (Wildman–Crippen MR) is 87.6 cm³/mol. The van der Waals surface area contributed by atoms with E-state index in [2.05, 4.69) is 0 Å². The van der Waals surface area contributed by atoms with E-state index in [1.807, 2.05) is 18.2 Å². The third-order valence-corrected chi connectivity index (χ3v) is 4.66. The topological polar surface area (TPSA) is 87.5 Å². The Balaban J connectivity index is 1.52. The molecule has 2 amide bonds. The summed E-state index contributed by atoms with van der Waals surface area (Å²) in [7, 11) is 0. The van der Waals surface area contributed by atoms with Gasteiger partial charge in [0.05, 0.1) is 29.9 Å². The largest absolute Gasteiger partial charge is 0.461 e. The molecule has 6 nitrogen and oxygen atoms in total. The lowest BCUT2D eigenvalue weighted by Gasteiger charge is -2.14. The molecule has 0 saturated carbocycles. The number of rotatable bonds is 5. The number of ether oxygens (including phenoxy) is 1. The van der Waals surface area contributed by atoms with Gasteiger partial charge in [-0.05, 0) is 18.9 Å². The quantitative estimate of drug-likeness (QED) is 0.465. The van der Waals surface area contributed by atoms with E-state index < -0.39 is 5.97 Å². The number of nitriles is 1. The van der Waals surface area contributed by atoms with Crippen molar-refractivity contribution in [2.45, 2.75) is 25.9 Å². The third kappa shape index (κ3) is 3.45. The molecule has 128 valence electrons. The number of carbonyl (C=O) groups excluding carboxylic acids is 3. The number of benzene rings is 1. The summed E-state index contributed by atoms with van der Waals surface area (Å²) in [5.74, 6) is -1.45. The SMILES string of the molecule is N#Cc1ccccc1COC(=O)CCN1C(=O)[C@H]2CC=CC[C@@H]2C1=O. The Morgan fingerprint density at radius 2 is 1.80 bits per heavy atom. The van der Waals surface area contributed by atoms with Crippen molar-refractivity contribution in [3.8, 4) is 6.07 Å². The normalized spacial score (nSPS) is 21.8. The average Bonchev–Trinajstić information content (AvgIpc) is 2.89. The predicted octanol–water partition coefficient (Wildman–Crippen LogP) is 1.94. The minimum atomic E-state index is -0.499. The number of carbonyl (C=O) groups is 3. The van der Waals surface area contributed by atoms with Gasteiger partial charge in [-0.1, -0.05) is 30.4 Å². The Bertz CT molecular complexity index is 752. The summed E-state index contributed by atoms with van der Waals surface area (Å²) >= 11 is 0. The van der Waals surface area contributed by atoms with Gasteiger partial charge in [0.2, 0.25) is 11.8 Å². The Kier molecular flexibility index (Phi) is 4.94. The van der Waals surface area contributed by atoms with Crippen LogP contribution in [0.25, 0.3) is 0 Å².